The molecule has 0 saturated carbocycles. The van der Waals surface area contributed by atoms with Crippen molar-refractivity contribution in [2.24, 2.45) is 20.5 Å². The minimum absolute atomic E-state index is 0. The second-order valence-corrected chi connectivity index (χ2v) is 17.6. The van der Waals surface area contributed by atoms with Crippen molar-refractivity contribution in [2.45, 2.75) is 14.7 Å². The van der Waals surface area contributed by atoms with Gasteiger partial charge in [-0.3, -0.25) is 14.3 Å². The number of hydrogen-bond acceptors (Lipinski definition) is 28. The van der Waals surface area contributed by atoms with E-state index in [4.69, 9.17) is 8.92 Å². The van der Waals surface area contributed by atoms with Gasteiger partial charge < -0.3 is 40.1 Å². The van der Waals surface area contributed by atoms with E-state index in [0.717, 1.165) is 36.4 Å². The fraction of sp³-hybridized carbons (Fsp3) is 0.133. The van der Waals surface area contributed by atoms with Crippen LogP contribution in [0.1, 0.15) is 0 Å². The number of halogens is 2. The van der Waals surface area contributed by atoms with Crippen LogP contribution in [-0.2, 0) is 58.0 Å². The van der Waals surface area contributed by atoms with Crippen LogP contribution in [0.3, 0.4) is 0 Å². The van der Waals surface area contributed by atoms with Crippen LogP contribution in [0.4, 0.5) is 48.7 Å². The topological polar surface area (TPSA) is 379 Å². The van der Waals surface area contributed by atoms with Crippen LogP contribution in [0.2, 0.25) is 0 Å². The van der Waals surface area contributed by atoms with Crippen LogP contribution in [-0.4, -0.2) is 74.8 Å². The summed E-state index contributed by atoms with van der Waals surface area (Å²) in [4.78, 5) is 4.61. The van der Waals surface area contributed by atoms with Crippen LogP contribution in [0.5, 0.6) is 11.5 Å². The summed E-state index contributed by atoms with van der Waals surface area (Å²) in [5.41, 5.74) is -2.28. The fourth-order valence-corrected chi connectivity index (χ4v) is 7.86. The average Bonchev–Trinajstić information content (AvgIpc) is 3.21. The van der Waals surface area contributed by atoms with Crippen molar-refractivity contribution in [1.29, 1.82) is 0 Å². The maximum atomic E-state index is 13.7. The minimum Gasteiger partial charge on any atom is -0.747 e. The number of aromatic nitrogens is 2. The van der Waals surface area contributed by atoms with E-state index in [1.54, 1.807) is 0 Å². The molecule has 0 spiro atoms. The van der Waals surface area contributed by atoms with Gasteiger partial charge in [0, 0.05) is 22.5 Å². The number of nitrogens with one attached hydrogen (secondary N) is 2. The molecule has 4 aromatic carbocycles. The zero-order chi connectivity index (χ0) is 46.0. The molecule has 0 radical (unpaired) electrons. The molecule has 0 aliphatic carbocycles. The number of phenols is 1. The van der Waals surface area contributed by atoms with Crippen molar-refractivity contribution >= 4 is 105 Å². The van der Waals surface area contributed by atoms with Gasteiger partial charge in [-0.25, -0.2) is 25.3 Å². The molecule has 0 atom stereocenters. The summed E-state index contributed by atoms with van der Waals surface area (Å²) in [6.07, 6.45) is -1.46. The molecule has 338 valence electrons. The van der Waals surface area contributed by atoms with Crippen molar-refractivity contribution in [3.8, 4) is 11.5 Å². The standard InChI is InChI=1S/C30H26F2N8O18S5.4Na/c1-52-22-6-3-16(61(44,45)9-8-53-60-58-56-54-42)11-20(22)37-40-28-23(59-57-55-43)12-18-17(29(28)41)4-5-19(33-14-62(46,47)48)27(18)39-38-21-10-15(2-7-24(21)63(49,50)51)34-26-13-25(31)35-30(32)36-26;;;;/h2-7,10-13,33,41-43H,8-9,14H2,1H3,(H,34,35,36)(H,46,47,48)(H,49,50,51);;;;/q;4*+1/p-4. The van der Waals surface area contributed by atoms with Crippen molar-refractivity contribution in [2.75, 3.05) is 36.0 Å². The monoisotopic (exact) mass is 1070 g/mol. The van der Waals surface area contributed by atoms with E-state index < -0.39 is 93.9 Å². The number of anilines is 3. The number of rotatable bonds is 22. The van der Waals surface area contributed by atoms with Crippen LogP contribution in [0, 0.1) is 12.0 Å². The Kier molecular flexibility index (Phi) is 27.8. The van der Waals surface area contributed by atoms with E-state index in [1.165, 1.54) is 25.3 Å². The van der Waals surface area contributed by atoms with Crippen LogP contribution >= 0.6 is 24.4 Å². The maximum absolute atomic E-state index is 13.7. The zero-order valence-corrected chi connectivity index (χ0v) is 46.8. The molecule has 0 saturated heterocycles. The van der Waals surface area contributed by atoms with Gasteiger partial charge in [0.15, 0.2) is 27.9 Å². The summed E-state index contributed by atoms with van der Waals surface area (Å²) in [6.45, 7) is -0.464. The molecule has 1 aromatic heterocycles. The fourth-order valence-electron chi connectivity index (χ4n) is 5.01. The quantitative estimate of drug-likeness (QED) is 0.00667. The van der Waals surface area contributed by atoms with Crippen molar-refractivity contribution < 1.29 is 210 Å². The third-order valence-corrected chi connectivity index (χ3v) is 11.6. The molecule has 0 unspecified atom stereocenters. The van der Waals surface area contributed by atoms with Gasteiger partial charge in [0.05, 0.1) is 51.9 Å². The number of phenolic OH excluding ortho intramolecular Hbond substituents is 1. The number of aromatic hydroxyl groups is 1. The number of nitrogens with zero attached hydrogens (tertiary/aromatic N) is 6. The number of benzene rings is 4. The number of sulfone groups is 1. The number of ether oxygens (including phenoxy) is 1. The molecule has 5 aromatic rings. The summed E-state index contributed by atoms with van der Waals surface area (Å²) in [7, 11) is -13.2. The molecule has 0 bridgehead atoms. The third-order valence-electron chi connectivity index (χ3n) is 7.56. The number of methoxy groups -OCH3 is 1. The Morgan fingerprint density at radius 2 is 1.49 bits per heavy atom. The smallest absolute Gasteiger partial charge is 0.747 e. The molecule has 26 nitrogen and oxygen atoms in total. The van der Waals surface area contributed by atoms with Crippen LogP contribution < -0.4 is 144 Å². The van der Waals surface area contributed by atoms with E-state index in [2.05, 4.69) is 64.8 Å². The minimum atomic E-state index is -5.32. The van der Waals surface area contributed by atoms with Gasteiger partial charge in [0.1, 0.15) is 60.4 Å². The van der Waals surface area contributed by atoms with E-state index >= 15 is 0 Å². The van der Waals surface area contributed by atoms with E-state index in [1.807, 2.05) is 0 Å². The normalized spacial score (nSPS) is 11.7. The van der Waals surface area contributed by atoms with Gasteiger partial charge in [0.25, 0.3) is 0 Å². The van der Waals surface area contributed by atoms with Gasteiger partial charge in [-0.15, -0.1) is 24.8 Å². The molecule has 0 aliphatic rings. The second-order valence-electron chi connectivity index (χ2n) is 11.5. The van der Waals surface area contributed by atoms with Crippen LogP contribution in [0.15, 0.2) is 95.8 Å². The van der Waals surface area contributed by atoms with E-state index in [0.29, 0.717) is 6.07 Å². The largest absolute Gasteiger partial charge is 1.00 e. The Morgan fingerprint density at radius 1 is 0.791 bits per heavy atom. The molecular formula is C30H22F2N8Na4O18S5. The summed E-state index contributed by atoms with van der Waals surface area (Å²) >= 11 is 0.242. The first-order valence-electron chi connectivity index (χ1n) is 16.2. The first-order valence-corrected chi connectivity index (χ1v) is 22.2. The van der Waals surface area contributed by atoms with Crippen molar-refractivity contribution in [3.05, 3.63) is 72.7 Å². The summed E-state index contributed by atoms with van der Waals surface area (Å²) in [6, 6.07) is 10.2. The molecular weight excluding hydrogens is 1050 g/mol. The molecule has 3 N–H and O–H groups in total. The molecule has 0 aliphatic heterocycles. The predicted octanol–water partition coefficient (Wildman–Crippen LogP) is -8.23. The van der Waals surface area contributed by atoms with E-state index in [9.17, 15) is 58.8 Å². The van der Waals surface area contributed by atoms with Gasteiger partial charge in [-0.05, 0) is 54.6 Å². The summed E-state index contributed by atoms with van der Waals surface area (Å²) in [5.74, 6) is -4.38. The maximum Gasteiger partial charge on any atom is 1.00 e. The zero-order valence-electron chi connectivity index (χ0n) is 34.8. The first kappa shape index (κ1) is 63.6. The Labute approximate surface area is 474 Å². The number of azo groups is 2. The molecule has 67 heavy (non-hydrogen) atoms. The number of fused-ring (bicyclic) bond motifs is 1. The van der Waals surface area contributed by atoms with Gasteiger partial charge in [-0.1, -0.05) is 5.04 Å². The van der Waals surface area contributed by atoms with Crippen molar-refractivity contribution in [1.82, 2.24) is 9.97 Å². The Balaban J connectivity index is 0.00000561. The summed E-state index contributed by atoms with van der Waals surface area (Å²) < 4.78 is 143. The molecule has 0 fully saturated rings. The Hall–Kier alpha value is -1.37. The van der Waals surface area contributed by atoms with Gasteiger partial charge in [-0.2, -0.15) is 23.1 Å². The van der Waals surface area contributed by atoms with Crippen LogP contribution in [0.25, 0.3) is 10.8 Å². The predicted molar refractivity (Wildman–Crippen MR) is 202 cm³/mol. The Bertz CT molecular complexity index is 2890. The molecule has 37 heteroatoms. The molecule has 5 rings (SSSR count). The van der Waals surface area contributed by atoms with Gasteiger partial charge >= 0.3 is 124 Å². The Morgan fingerprint density at radius 3 is 2.13 bits per heavy atom. The SMILES string of the molecule is COc1ccc(S(=O)(=O)CCOSOOO[O-])cc1N=Nc1c(SOO[O-])cc2c(N=Nc3cc(Nc4cc(F)nc(F)n4)ccc3S(=O)(=O)[O-])c(NCS(=O)(=O)[O-])ccc2c1O.[Na+].[Na+].[Na+].[Na+]. The van der Waals surface area contributed by atoms with Gasteiger partial charge in [0.2, 0.25) is 5.95 Å². The van der Waals surface area contributed by atoms with Crippen molar-refractivity contribution in [3.63, 3.8) is 0 Å². The summed E-state index contributed by atoms with van der Waals surface area (Å²) in [5, 5.41) is 62.5. The number of hydrogen-bond donors (Lipinski definition) is 3. The molecule has 1 heterocycles. The van der Waals surface area contributed by atoms with E-state index in [-0.39, 0.29) is 186 Å². The first-order chi connectivity index (χ1) is 29.8. The molecule has 0 amide bonds. The second kappa shape index (κ2) is 29.2. The average molecular weight is 1070 g/mol. The third kappa shape index (κ3) is 18.6.